The zero-order valence-electron chi connectivity index (χ0n) is 40.8. The number of nitrogens with zero attached hydrogens (tertiary/aromatic N) is 4. The molecule has 14 nitrogen and oxygen atoms in total. The van der Waals surface area contributed by atoms with E-state index in [4.69, 9.17) is 46.4 Å². The number of phenolic OH excluding ortho intramolecular Hbond substituents is 2. The summed E-state index contributed by atoms with van der Waals surface area (Å²) in [6.07, 6.45) is 3.50. The number of phenols is 2. The third-order valence-corrected chi connectivity index (χ3v) is 14.1. The van der Waals surface area contributed by atoms with E-state index in [1.54, 1.807) is 127 Å². The number of amides is 4. The second-order valence-electron chi connectivity index (χ2n) is 18.1. The van der Waals surface area contributed by atoms with Crippen LogP contribution in [-0.2, 0) is 0 Å². The van der Waals surface area contributed by atoms with Crippen LogP contribution in [0, 0.1) is 0 Å². The quantitative estimate of drug-likeness (QED) is 0.0656. The first-order chi connectivity index (χ1) is 38.3. The molecule has 4 amide bonds. The van der Waals surface area contributed by atoms with E-state index >= 15 is 0 Å². The maximum Gasteiger partial charge on any atom is 0.259 e. The van der Waals surface area contributed by atoms with Crippen molar-refractivity contribution in [3.63, 3.8) is 0 Å². The molecule has 11 rings (SSSR count). The van der Waals surface area contributed by atoms with Gasteiger partial charge in [0.05, 0.1) is 27.2 Å². The second-order valence-corrected chi connectivity index (χ2v) is 19.8. The van der Waals surface area contributed by atoms with Gasteiger partial charge in [0.1, 0.15) is 22.7 Å². The molecule has 1 atom stereocenters. The first-order valence-electron chi connectivity index (χ1n) is 24.2. The Morgan fingerprint density at radius 3 is 1.51 bits per heavy atom. The van der Waals surface area contributed by atoms with Crippen LogP contribution < -0.4 is 21.3 Å². The first-order valence-corrected chi connectivity index (χ1v) is 25.7. The molecular weight excluding hydrogens is 1080 g/mol. The Balaban J connectivity index is 0.928. The van der Waals surface area contributed by atoms with Gasteiger partial charge in [0.25, 0.3) is 23.6 Å². The molecule has 6 N–H and O–H groups in total. The summed E-state index contributed by atoms with van der Waals surface area (Å²) in [5, 5.41) is 57.1. The van der Waals surface area contributed by atoms with Crippen LogP contribution in [0.3, 0.4) is 0 Å². The maximum absolute atomic E-state index is 14.6. The monoisotopic (exact) mass is 1120 g/mol. The van der Waals surface area contributed by atoms with Gasteiger partial charge in [0.15, 0.2) is 11.5 Å². The van der Waals surface area contributed by atoms with E-state index in [-0.39, 0.29) is 55.0 Å². The third kappa shape index (κ3) is 10.7. The summed E-state index contributed by atoms with van der Waals surface area (Å²) >= 11 is 25.3. The van der Waals surface area contributed by atoms with Crippen molar-refractivity contribution in [3.8, 4) is 11.5 Å². The number of hydrogen-bond donors (Lipinski definition) is 6. The number of carbonyl (C=O) groups is 4. The van der Waals surface area contributed by atoms with Crippen molar-refractivity contribution in [3.05, 3.63) is 235 Å². The fourth-order valence-electron chi connectivity index (χ4n) is 9.17. The lowest BCUT2D eigenvalue weighted by atomic mass is 9.88. The van der Waals surface area contributed by atoms with Crippen molar-refractivity contribution in [2.75, 3.05) is 16.0 Å². The number of benzene rings is 10. The highest BCUT2D eigenvalue weighted by Crippen LogP contribution is 2.45. The van der Waals surface area contributed by atoms with Gasteiger partial charge < -0.3 is 31.5 Å². The van der Waals surface area contributed by atoms with Crippen molar-refractivity contribution < 1.29 is 29.4 Å². The molecule has 10 aromatic rings. The third-order valence-electron chi connectivity index (χ3n) is 13.0. The number of hydrogen-bond acceptors (Lipinski definition) is 10. The minimum Gasteiger partial charge on any atom is -0.505 e. The van der Waals surface area contributed by atoms with Crippen LogP contribution in [-0.4, -0.2) is 33.8 Å². The number of aromatic hydroxyl groups is 2. The van der Waals surface area contributed by atoms with Crippen LogP contribution in [0.1, 0.15) is 58.6 Å². The minimum atomic E-state index is -0.762. The van der Waals surface area contributed by atoms with E-state index in [1.165, 1.54) is 24.3 Å². The summed E-state index contributed by atoms with van der Waals surface area (Å²) in [5.41, 5.74) is 3.27. The van der Waals surface area contributed by atoms with Gasteiger partial charge in [0.2, 0.25) is 0 Å². The predicted octanol–water partition coefficient (Wildman–Crippen LogP) is 17.3. The molecule has 1 aliphatic rings. The molecule has 0 heterocycles. The summed E-state index contributed by atoms with van der Waals surface area (Å²) in [6, 6.07) is 48.0. The van der Waals surface area contributed by atoms with E-state index in [2.05, 4.69) is 41.7 Å². The minimum absolute atomic E-state index is 0.0622. The zero-order chi connectivity index (χ0) is 54.9. The lowest BCUT2D eigenvalue weighted by Gasteiger charge is -2.24. The standard InChI is InChI=1S/C61H38Cl4N8O6/c62-37-17-22-47(64)51(30-37)70-72-54-41-19-14-33(58(76)66-39-9-3-1-4-10-39)26-35(41)28-45(56(54)74)60(78)68-49-24-16-32-8-7-13-43-50(25-21-44(49)53(32)43)69-61(79)46-29-36-27-34(59(77)67-40-11-5-2-6-12-40)15-20-42(36)55(57(46)75)73-71-52-31-38(63)18-23-48(52)65/h1-31,50,74-75H,(H,66,76)(H,67,77)(H,68,78)(H,69,79). The number of azo groups is 2. The van der Waals surface area contributed by atoms with Crippen LogP contribution in [0.2, 0.25) is 20.1 Å². The molecule has 0 bridgehead atoms. The predicted molar refractivity (Wildman–Crippen MR) is 312 cm³/mol. The van der Waals surface area contributed by atoms with Crippen molar-refractivity contribution in [2.24, 2.45) is 20.5 Å². The summed E-state index contributed by atoms with van der Waals surface area (Å²) < 4.78 is 0. The highest BCUT2D eigenvalue weighted by atomic mass is 35.5. The molecular formula is C61H38Cl4N8O6. The van der Waals surface area contributed by atoms with E-state index < -0.39 is 41.2 Å². The average molecular weight is 1120 g/mol. The lowest BCUT2D eigenvalue weighted by molar-refractivity contribution is 0.0940. The Bertz CT molecular complexity index is 4270. The van der Waals surface area contributed by atoms with Crippen LogP contribution in [0.15, 0.2) is 202 Å². The topological polar surface area (TPSA) is 206 Å². The molecule has 1 unspecified atom stereocenters. The molecule has 0 radical (unpaired) electrons. The van der Waals surface area contributed by atoms with E-state index in [9.17, 15) is 29.4 Å². The summed E-state index contributed by atoms with van der Waals surface area (Å²) in [7, 11) is 0. The van der Waals surface area contributed by atoms with Crippen molar-refractivity contribution in [1.29, 1.82) is 0 Å². The molecule has 0 aliphatic heterocycles. The van der Waals surface area contributed by atoms with E-state index in [1.807, 2.05) is 36.4 Å². The molecule has 0 fully saturated rings. The van der Waals surface area contributed by atoms with Crippen molar-refractivity contribution in [2.45, 2.75) is 6.04 Å². The summed E-state index contributed by atoms with van der Waals surface area (Å²) in [4.78, 5) is 56.1. The van der Waals surface area contributed by atoms with Gasteiger partial charge >= 0.3 is 0 Å². The van der Waals surface area contributed by atoms with Gasteiger partial charge in [-0.2, -0.15) is 0 Å². The SMILES string of the molecule is O=C(Nc1ccccc1)c1ccc2c(N=Nc3cc(Cl)ccc3Cl)c(O)c(C(=O)Nc3ccc4cccc5c4c3C=CC5NC(=O)c3cc4cc(C(=O)Nc5ccccc5)ccc4c(N=Nc4cc(Cl)ccc4Cl)c3O)cc2c1. The molecule has 0 aromatic heterocycles. The molecule has 1 aliphatic carbocycles. The normalized spacial score (nSPS) is 12.8. The number of nitrogens with one attached hydrogen (secondary N) is 4. The van der Waals surface area contributed by atoms with E-state index in [0.29, 0.717) is 65.2 Å². The van der Waals surface area contributed by atoms with Crippen molar-refractivity contribution >= 4 is 148 Å². The summed E-state index contributed by atoms with van der Waals surface area (Å²) in [5.74, 6) is -3.20. The van der Waals surface area contributed by atoms with Crippen LogP contribution in [0.4, 0.5) is 39.8 Å². The Morgan fingerprint density at radius 1 is 0.456 bits per heavy atom. The summed E-state index contributed by atoms with van der Waals surface area (Å²) in [6.45, 7) is 0. The Hall–Kier alpha value is -9.44. The molecule has 18 heteroatoms. The largest absolute Gasteiger partial charge is 0.505 e. The number of anilines is 3. The number of halogens is 4. The van der Waals surface area contributed by atoms with E-state index in [0.717, 1.165) is 5.39 Å². The zero-order valence-corrected chi connectivity index (χ0v) is 43.8. The first kappa shape index (κ1) is 51.7. The van der Waals surface area contributed by atoms with Crippen LogP contribution >= 0.6 is 46.4 Å². The van der Waals surface area contributed by atoms with Gasteiger partial charge in [-0.15, -0.1) is 20.5 Å². The highest BCUT2D eigenvalue weighted by Gasteiger charge is 2.27. The number of fused-ring (bicyclic) bond motifs is 2. The fourth-order valence-corrected chi connectivity index (χ4v) is 9.82. The molecule has 10 aromatic carbocycles. The van der Waals surface area contributed by atoms with Crippen molar-refractivity contribution in [1.82, 2.24) is 5.32 Å². The molecule has 0 spiro atoms. The van der Waals surface area contributed by atoms with Gasteiger partial charge in [-0.25, -0.2) is 0 Å². The van der Waals surface area contributed by atoms with Crippen LogP contribution in [0.25, 0.3) is 38.4 Å². The fraction of sp³-hybridized carbons (Fsp3) is 0.0164. The smallest absolute Gasteiger partial charge is 0.259 e. The number of rotatable bonds is 12. The average Bonchev–Trinajstić information content (AvgIpc) is 3.50. The Labute approximate surface area is 469 Å². The molecule has 0 saturated heterocycles. The second kappa shape index (κ2) is 21.9. The Kier molecular flexibility index (Phi) is 14.3. The van der Waals surface area contributed by atoms with Crippen LogP contribution in [0.5, 0.6) is 11.5 Å². The Morgan fingerprint density at radius 2 is 0.975 bits per heavy atom. The maximum atomic E-state index is 14.6. The number of carbonyl (C=O) groups excluding carboxylic acids is 4. The van der Waals surface area contributed by atoms with Gasteiger partial charge in [0, 0.05) is 54.6 Å². The van der Waals surface area contributed by atoms with Gasteiger partial charge in [-0.3, -0.25) is 19.2 Å². The number of para-hydroxylation sites is 2. The lowest BCUT2D eigenvalue weighted by Crippen LogP contribution is -2.28. The van der Waals surface area contributed by atoms with Gasteiger partial charge in [-0.1, -0.05) is 131 Å². The highest BCUT2D eigenvalue weighted by molar-refractivity contribution is 6.35. The van der Waals surface area contributed by atoms with Gasteiger partial charge in [-0.05, 0) is 130 Å². The molecule has 0 saturated carbocycles. The molecule has 79 heavy (non-hydrogen) atoms. The molecule has 386 valence electrons.